The molecule has 1 aromatic heterocycles. The molecule has 3 aromatic rings. The van der Waals surface area contributed by atoms with Crippen LogP contribution in [0.5, 0.6) is 5.75 Å². The van der Waals surface area contributed by atoms with Gasteiger partial charge in [0.25, 0.3) is 11.8 Å². The molecule has 0 bridgehead atoms. The molecule has 2 amide bonds. The van der Waals surface area contributed by atoms with Crippen LogP contribution in [0.3, 0.4) is 0 Å². The summed E-state index contributed by atoms with van der Waals surface area (Å²) in [5.74, 6) is -1.40. The first-order chi connectivity index (χ1) is 15.8. The second-order valence-electron chi connectivity index (χ2n) is 7.82. The van der Waals surface area contributed by atoms with Gasteiger partial charge >= 0.3 is 0 Å². The Hall–Kier alpha value is -3.95. The van der Waals surface area contributed by atoms with Gasteiger partial charge in [-0.1, -0.05) is 42.5 Å². The molecule has 0 aliphatic carbocycles. The molecule has 9 nitrogen and oxygen atoms in total. The molecule has 0 fully saturated rings. The highest BCUT2D eigenvalue weighted by molar-refractivity contribution is 5.91. The molecule has 9 heteroatoms. The zero-order valence-electron chi connectivity index (χ0n) is 17.7. The molecule has 0 saturated heterocycles. The van der Waals surface area contributed by atoms with E-state index in [9.17, 15) is 24.9 Å². The van der Waals surface area contributed by atoms with Crippen molar-refractivity contribution in [1.29, 1.82) is 0 Å². The van der Waals surface area contributed by atoms with Crippen LogP contribution < -0.4 is 11.1 Å². The van der Waals surface area contributed by atoms with Crippen LogP contribution in [0.4, 0.5) is 5.82 Å². The summed E-state index contributed by atoms with van der Waals surface area (Å²) in [6, 6.07) is 17.5. The predicted octanol–water partition coefficient (Wildman–Crippen LogP) is 0.917. The fraction of sp³-hybridized carbons (Fsp3) is 0.208. The van der Waals surface area contributed by atoms with Crippen molar-refractivity contribution in [3.8, 4) is 16.9 Å². The summed E-state index contributed by atoms with van der Waals surface area (Å²) in [4.78, 5) is 30.5. The molecule has 2 atom stereocenters. The van der Waals surface area contributed by atoms with E-state index in [1.54, 1.807) is 30.3 Å². The summed E-state index contributed by atoms with van der Waals surface area (Å²) in [6.07, 6.45) is -3.82. The molecule has 0 unspecified atom stereocenters. The van der Waals surface area contributed by atoms with Crippen LogP contribution in [0.15, 0.2) is 60.7 Å². The zero-order valence-corrected chi connectivity index (χ0v) is 17.7. The maximum Gasteiger partial charge on any atom is 0.255 e. The number of benzene rings is 2. The van der Waals surface area contributed by atoms with E-state index in [1.807, 2.05) is 24.3 Å². The number of para-hydroxylation sites is 1. The number of hydrogen-bond donors (Lipinski definition) is 5. The van der Waals surface area contributed by atoms with Gasteiger partial charge in [0.15, 0.2) is 12.2 Å². The third-order valence-corrected chi connectivity index (χ3v) is 5.59. The number of nitrogens with two attached hydrogens (primary N) is 1. The van der Waals surface area contributed by atoms with Crippen molar-refractivity contribution in [2.24, 2.45) is 0 Å². The summed E-state index contributed by atoms with van der Waals surface area (Å²) in [5, 5.41) is 32.9. The quantitative estimate of drug-likeness (QED) is 0.376. The Kier molecular flexibility index (Phi) is 6.25. The molecular formula is C24H24N4O5. The number of aromatic nitrogens is 1. The van der Waals surface area contributed by atoms with E-state index in [0.717, 1.165) is 11.1 Å². The number of aliphatic hydroxyl groups excluding tert-OH is 2. The number of nitrogens with zero attached hydrogens (tertiary/aromatic N) is 2. The van der Waals surface area contributed by atoms with Crippen LogP contribution in [-0.4, -0.2) is 49.2 Å². The van der Waals surface area contributed by atoms with Crippen molar-refractivity contribution < 1.29 is 24.9 Å². The zero-order chi connectivity index (χ0) is 23.5. The van der Waals surface area contributed by atoms with Crippen molar-refractivity contribution in [1.82, 2.24) is 15.2 Å². The smallest absolute Gasteiger partial charge is 0.255 e. The van der Waals surface area contributed by atoms with Gasteiger partial charge in [-0.05, 0) is 29.3 Å². The molecule has 2 heterocycles. The number of carbonyl (C=O) groups excluding carboxylic acids is 2. The van der Waals surface area contributed by atoms with Gasteiger partial charge in [-0.25, -0.2) is 4.98 Å². The Labute approximate surface area is 190 Å². The standard InChI is InChI=1S/C24H24N4O5/c25-22-18(17-7-3-4-8-19(17)29)10-9-16(27-22)11-26-23(32)20(30)21(31)24(33)28-12-14-5-1-2-6-15(14)13-28/h1-10,20-21,29-31H,11-13H2,(H2,25,27)(H,26,32)/t20-,21-/m1/s1. The Bertz CT molecular complexity index is 1170. The van der Waals surface area contributed by atoms with Gasteiger partial charge in [-0.15, -0.1) is 0 Å². The van der Waals surface area contributed by atoms with Gasteiger partial charge in [0.1, 0.15) is 11.6 Å². The van der Waals surface area contributed by atoms with Crippen LogP contribution in [-0.2, 0) is 29.2 Å². The van der Waals surface area contributed by atoms with E-state index >= 15 is 0 Å². The number of nitrogen functional groups attached to an aromatic ring is 1. The third-order valence-electron chi connectivity index (χ3n) is 5.59. The average molecular weight is 448 g/mol. The van der Waals surface area contributed by atoms with Gasteiger partial charge in [-0.3, -0.25) is 9.59 Å². The van der Waals surface area contributed by atoms with Gasteiger partial charge in [0.2, 0.25) is 0 Å². The summed E-state index contributed by atoms with van der Waals surface area (Å²) in [6.45, 7) is 0.553. The minimum absolute atomic E-state index is 0.0647. The second-order valence-corrected chi connectivity index (χ2v) is 7.82. The number of hydrogen-bond acceptors (Lipinski definition) is 7. The molecule has 1 aliphatic rings. The van der Waals surface area contributed by atoms with Gasteiger partial charge in [0.05, 0.1) is 12.2 Å². The molecule has 1 aliphatic heterocycles. The van der Waals surface area contributed by atoms with Gasteiger partial charge in [0, 0.05) is 24.2 Å². The topological polar surface area (TPSA) is 149 Å². The molecule has 0 radical (unpaired) electrons. The van der Waals surface area contributed by atoms with Crippen LogP contribution in [0.25, 0.3) is 11.1 Å². The number of phenolic OH excluding ortho intramolecular Hbond substituents is 1. The maximum absolute atomic E-state index is 12.6. The van der Waals surface area contributed by atoms with Crippen molar-refractivity contribution in [3.05, 3.63) is 77.5 Å². The number of aliphatic hydroxyl groups is 2. The number of fused-ring (bicyclic) bond motifs is 1. The maximum atomic E-state index is 12.6. The number of amides is 2. The van der Waals surface area contributed by atoms with Crippen molar-refractivity contribution >= 4 is 17.6 Å². The highest BCUT2D eigenvalue weighted by atomic mass is 16.3. The lowest BCUT2D eigenvalue weighted by Crippen LogP contribution is -2.49. The molecule has 33 heavy (non-hydrogen) atoms. The predicted molar refractivity (Wildman–Crippen MR) is 120 cm³/mol. The lowest BCUT2D eigenvalue weighted by molar-refractivity contribution is -0.153. The van der Waals surface area contributed by atoms with Crippen LogP contribution in [0.1, 0.15) is 16.8 Å². The van der Waals surface area contributed by atoms with Crippen LogP contribution >= 0.6 is 0 Å². The number of phenols is 1. The summed E-state index contributed by atoms with van der Waals surface area (Å²) in [7, 11) is 0. The SMILES string of the molecule is Nc1nc(CNC(=O)[C@H](O)[C@@H](O)C(=O)N2Cc3ccccc3C2)ccc1-c1ccccc1O. The molecule has 0 saturated carbocycles. The lowest BCUT2D eigenvalue weighted by atomic mass is 10.1. The Morgan fingerprint density at radius 3 is 2.21 bits per heavy atom. The second kappa shape index (κ2) is 9.27. The third kappa shape index (κ3) is 4.64. The first-order valence-electron chi connectivity index (χ1n) is 10.4. The van der Waals surface area contributed by atoms with Crippen LogP contribution in [0, 0.1) is 0 Å². The van der Waals surface area contributed by atoms with E-state index in [-0.39, 0.29) is 18.1 Å². The number of carbonyl (C=O) groups is 2. The van der Waals surface area contributed by atoms with Crippen molar-refractivity contribution in [2.75, 3.05) is 5.73 Å². The normalized spacial score (nSPS) is 14.4. The van der Waals surface area contributed by atoms with E-state index in [0.29, 0.717) is 29.9 Å². The van der Waals surface area contributed by atoms with Gasteiger partial charge < -0.3 is 31.3 Å². The van der Waals surface area contributed by atoms with E-state index in [1.165, 1.54) is 11.0 Å². The van der Waals surface area contributed by atoms with Crippen molar-refractivity contribution in [3.63, 3.8) is 0 Å². The fourth-order valence-corrected chi connectivity index (χ4v) is 3.78. The summed E-state index contributed by atoms with van der Waals surface area (Å²) >= 11 is 0. The van der Waals surface area contributed by atoms with Gasteiger partial charge in [-0.2, -0.15) is 0 Å². The van der Waals surface area contributed by atoms with E-state index < -0.39 is 24.0 Å². The minimum Gasteiger partial charge on any atom is -0.507 e. The summed E-state index contributed by atoms with van der Waals surface area (Å²) < 4.78 is 0. The average Bonchev–Trinajstić information content (AvgIpc) is 3.26. The number of anilines is 1. The van der Waals surface area contributed by atoms with E-state index in [2.05, 4.69) is 10.3 Å². The van der Waals surface area contributed by atoms with Crippen LogP contribution in [0.2, 0.25) is 0 Å². The number of aromatic hydroxyl groups is 1. The molecule has 2 aromatic carbocycles. The van der Waals surface area contributed by atoms with E-state index in [4.69, 9.17) is 5.73 Å². The molecule has 6 N–H and O–H groups in total. The number of nitrogens with one attached hydrogen (secondary N) is 1. The monoisotopic (exact) mass is 448 g/mol. The molecule has 170 valence electrons. The largest absolute Gasteiger partial charge is 0.507 e. The molecule has 4 rings (SSSR count). The Balaban J connectivity index is 1.35. The number of pyridine rings is 1. The van der Waals surface area contributed by atoms with Crippen molar-refractivity contribution in [2.45, 2.75) is 31.8 Å². The first kappa shape index (κ1) is 22.3. The molecule has 0 spiro atoms. The molecular weight excluding hydrogens is 424 g/mol. The highest BCUT2D eigenvalue weighted by Crippen LogP contribution is 2.32. The lowest BCUT2D eigenvalue weighted by Gasteiger charge is -2.22. The summed E-state index contributed by atoms with van der Waals surface area (Å²) in [5.41, 5.74) is 9.41. The minimum atomic E-state index is -1.93. The first-order valence-corrected chi connectivity index (χ1v) is 10.4. The Morgan fingerprint density at radius 1 is 0.939 bits per heavy atom. The Morgan fingerprint density at radius 2 is 1.58 bits per heavy atom. The fourth-order valence-electron chi connectivity index (χ4n) is 3.78. The number of rotatable bonds is 6. The highest BCUT2D eigenvalue weighted by Gasteiger charge is 2.35.